The van der Waals surface area contributed by atoms with Crippen molar-refractivity contribution >= 4 is 11.7 Å². The van der Waals surface area contributed by atoms with E-state index in [1.165, 1.54) is 6.42 Å². The molecule has 1 N–H and O–H groups in total. The van der Waals surface area contributed by atoms with Crippen molar-refractivity contribution in [3.63, 3.8) is 0 Å². The molecule has 1 unspecified atom stereocenters. The van der Waals surface area contributed by atoms with Crippen LogP contribution in [0.5, 0.6) is 0 Å². The van der Waals surface area contributed by atoms with Gasteiger partial charge in [-0.25, -0.2) is 4.79 Å². The normalized spacial score (nSPS) is 12.3. The highest BCUT2D eigenvalue weighted by atomic mass is 16.6. The minimum Gasteiger partial charge on any atom is -0.443 e. The lowest BCUT2D eigenvalue weighted by Gasteiger charge is -2.19. The average Bonchev–Trinajstić information content (AvgIpc) is 2.39. The molecule has 0 saturated heterocycles. The van der Waals surface area contributed by atoms with E-state index in [4.69, 9.17) is 4.74 Å². The quantitative estimate of drug-likeness (QED) is 0.467. The highest BCUT2D eigenvalue weighted by Gasteiger charge is 2.12. The zero-order valence-corrected chi connectivity index (χ0v) is 12.3. The van der Waals surface area contributed by atoms with E-state index in [-0.39, 0.29) is 12.2 Å². The van der Waals surface area contributed by atoms with Gasteiger partial charge in [-0.3, -0.25) is 4.90 Å². The Bertz CT molecular complexity index is 388. The minimum absolute atomic E-state index is 0.227. The zero-order chi connectivity index (χ0) is 14.3. The Morgan fingerprint density at radius 1 is 1.32 bits per heavy atom. The van der Waals surface area contributed by atoms with Crippen LogP contribution in [0.15, 0.2) is 24.3 Å². The maximum Gasteiger partial charge on any atom is 0.339 e. The van der Waals surface area contributed by atoms with Gasteiger partial charge in [-0.05, 0) is 51.7 Å². The lowest BCUT2D eigenvalue weighted by atomic mass is 10.2. The number of nitrogens with one attached hydrogen (secondary N) is 1. The molecule has 0 saturated carbocycles. The lowest BCUT2D eigenvalue weighted by molar-refractivity contribution is -0.00546. The summed E-state index contributed by atoms with van der Waals surface area (Å²) in [6.07, 6.45) is 2.08. The minimum atomic E-state index is -0.290. The second-order valence-corrected chi connectivity index (χ2v) is 4.83. The summed E-state index contributed by atoms with van der Waals surface area (Å²) >= 11 is 0. The molecule has 0 spiro atoms. The summed E-state index contributed by atoms with van der Waals surface area (Å²) in [5.74, 6) is -0.290. The number of ether oxygens (including phenoxy) is 1. The van der Waals surface area contributed by atoms with Crippen molar-refractivity contribution in [3.05, 3.63) is 29.8 Å². The predicted molar refractivity (Wildman–Crippen MR) is 78.4 cm³/mol. The van der Waals surface area contributed by atoms with Crippen LogP contribution < -0.4 is 5.32 Å². The van der Waals surface area contributed by atoms with Gasteiger partial charge in [0.1, 0.15) is 0 Å². The Balaban J connectivity index is 2.53. The first-order valence-corrected chi connectivity index (χ1v) is 6.76. The van der Waals surface area contributed by atoms with E-state index >= 15 is 0 Å². The van der Waals surface area contributed by atoms with Crippen LogP contribution in [0.25, 0.3) is 0 Å². The summed E-state index contributed by atoms with van der Waals surface area (Å²) in [5, 5.41) is 3.31. The molecule has 0 aromatic heterocycles. The van der Waals surface area contributed by atoms with Crippen LogP contribution in [-0.2, 0) is 4.74 Å². The van der Waals surface area contributed by atoms with Crippen molar-refractivity contribution in [2.75, 3.05) is 26.0 Å². The van der Waals surface area contributed by atoms with Gasteiger partial charge in [-0.1, -0.05) is 13.3 Å². The summed E-state index contributed by atoms with van der Waals surface area (Å²) in [7, 11) is 3.75. The van der Waals surface area contributed by atoms with E-state index in [9.17, 15) is 4.79 Å². The van der Waals surface area contributed by atoms with Gasteiger partial charge in [0, 0.05) is 12.2 Å². The maximum atomic E-state index is 11.9. The Morgan fingerprint density at radius 3 is 2.47 bits per heavy atom. The smallest absolute Gasteiger partial charge is 0.339 e. The molecule has 1 atom stereocenters. The molecular formula is C15H24N2O2. The first kappa shape index (κ1) is 15.5. The van der Waals surface area contributed by atoms with Crippen LogP contribution in [0.2, 0.25) is 0 Å². The van der Waals surface area contributed by atoms with Crippen LogP contribution in [-0.4, -0.2) is 37.7 Å². The molecule has 4 nitrogen and oxygen atoms in total. The number of rotatable bonds is 7. The molecule has 0 amide bonds. The van der Waals surface area contributed by atoms with Gasteiger partial charge in [0.2, 0.25) is 0 Å². The zero-order valence-electron chi connectivity index (χ0n) is 12.3. The van der Waals surface area contributed by atoms with E-state index in [0.29, 0.717) is 5.56 Å². The monoisotopic (exact) mass is 264 g/mol. The Morgan fingerprint density at radius 2 is 1.95 bits per heavy atom. The van der Waals surface area contributed by atoms with Crippen LogP contribution >= 0.6 is 0 Å². The highest BCUT2D eigenvalue weighted by molar-refractivity contribution is 5.89. The van der Waals surface area contributed by atoms with Crippen LogP contribution in [0.3, 0.4) is 0 Å². The molecule has 0 radical (unpaired) electrons. The lowest BCUT2D eigenvalue weighted by Crippen LogP contribution is -2.29. The molecule has 4 heteroatoms. The number of benzene rings is 1. The fourth-order valence-electron chi connectivity index (χ4n) is 1.46. The Kier molecular flexibility index (Phi) is 6.36. The van der Waals surface area contributed by atoms with Gasteiger partial charge in [0.05, 0.1) is 5.56 Å². The van der Waals surface area contributed by atoms with E-state index in [1.54, 1.807) is 12.1 Å². The molecule has 0 aliphatic rings. The SMILES string of the molecule is CCCCNc1ccc(C(=O)OC(C)N(C)C)cc1. The molecule has 1 rings (SSSR count). The molecule has 0 fully saturated rings. The summed E-state index contributed by atoms with van der Waals surface area (Å²) in [6.45, 7) is 4.96. The van der Waals surface area contributed by atoms with Crippen molar-refractivity contribution < 1.29 is 9.53 Å². The molecule has 1 aromatic carbocycles. The van der Waals surface area contributed by atoms with Crippen LogP contribution in [0.4, 0.5) is 5.69 Å². The van der Waals surface area contributed by atoms with E-state index in [1.807, 2.05) is 38.1 Å². The van der Waals surface area contributed by atoms with Crippen LogP contribution in [0, 0.1) is 0 Å². The number of hydrogen-bond donors (Lipinski definition) is 1. The highest BCUT2D eigenvalue weighted by Crippen LogP contribution is 2.11. The van der Waals surface area contributed by atoms with Crippen molar-refractivity contribution in [1.82, 2.24) is 4.90 Å². The van der Waals surface area contributed by atoms with Gasteiger partial charge < -0.3 is 10.1 Å². The Hall–Kier alpha value is -1.55. The fourth-order valence-corrected chi connectivity index (χ4v) is 1.46. The summed E-state index contributed by atoms with van der Waals surface area (Å²) in [6, 6.07) is 7.40. The van der Waals surface area contributed by atoms with Gasteiger partial charge in [0.15, 0.2) is 6.23 Å². The number of carbonyl (C=O) groups excluding carboxylic acids is 1. The van der Waals surface area contributed by atoms with Gasteiger partial charge in [0.25, 0.3) is 0 Å². The number of esters is 1. The predicted octanol–water partition coefficient (Wildman–Crippen LogP) is 2.96. The number of hydrogen-bond acceptors (Lipinski definition) is 4. The standard InChI is InChI=1S/C15H24N2O2/c1-5-6-11-16-14-9-7-13(8-10-14)15(18)19-12(2)17(3)4/h7-10,12,16H,5-6,11H2,1-4H3. The van der Waals surface area contributed by atoms with E-state index in [0.717, 1.165) is 18.7 Å². The molecule has 0 aliphatic heterocycles. The number of carbonyl (C=O) groups is 1. The maximum absolute atomic E-state index is 11.9. The Labute approximate surface area is 115 Å². The van der Waals surface area contributed by atoms with Gasteiger partial charge in [-0.15, -0.1) is 0 Å². The number of nitrogens with zero attached hydrogens (tertiary/aromatic N) is 1. The summed E-state index contributed by atoms with van der Waals surface area (Å²) < 4.78 is 5.30. The molecule has 0 aliphatic carbocycles. The molecular weight excluding hydrogens is 240 g/mol. The molecule has 0 heterocycles. The molecule has 0 bridgehead atoms. The van der Waals surface area contributed by atoms with Crippen molar-refractivity contribution in [2.24, 2.45) is 0 Å². The topological polar surface area (TPSA) is 41.6 Å². The van der Waals surface area contributed by atoms with Crippen molar-refractivity contribution in [2.45, 2.75) is 32.9 Å². The fraction of sp³-hybridized carbons (Fsp3) is 0.533. The van der Waals surface area contributed by atoms with Crippen LogP contribution in [0.1, 0.15) is 37.0 Å². The van der Waals surface area contributed by atoms with Gasteiger partial charge in [-0.2, -0.15) is 0 Å². The third kappa shape index (κ3) is 5.30. The number of anilines is 1. The first-order chi connectivity index (χ1) is 9.04. The third-order valence-electron chi connectivity index (χ3n) is 2.98. The molecule has 106 valence electrons. The second kappa shape index (κ2) is 7.79. The largest absolute Gasteiger partial charge is 0.443 e. The van der Waals surface area contributed by atoms with Crippen molar-refractivity contribution in [3.8, 4) is 0 Å². The first-order valence-electron chi connectivity index (χ1n) is 6.76. The molecule has 1 aromatic rings. The average molecular weight is 264 g/mol. The van der Waals surface area contributed by atoms with E-state index in [2.05, 4.69) is 12.2 Å². The summed E-state index contributed by atoms with van der Waals surface area (Å²) in [5.41, 5.74) is 1.61. The summed E-state index contributed by atoms with van der Waals surface area (Å²) in [4.78, 5) is 13.7. The third-order valence-corrected chi connectivity index (χ3v) is 2.98. The second-order valence-electron chi connectivity index (χ2n) is 4.83. The van der Waals surface area contributed by atoms with Crippen molar-refractivity contribution in [1.29, 1.82) is 0 Å². The number of unbranched alkanes of at least 4 members (excludes halogenated alkanes) is 1. The molecule has 19 heavy (non-hydrogen) atoms. The van der Waals surface area contributed by atoms with E-state index < -0.39 is 0 Å². The van der Waals surface area contributed by atoms with Gasteiger partial charge >= 0.3 is 5.97 Å².